The van der Waals surface area contributed by atoms with Crippen LogP contribution in [0.3, 0.4) is 0 Å². The molecular weight excluding hydrogens is 368 g/mol. The molecule has 1 aromatic heterocycles. The minimum absolute atomic E-state index is 0.142. The molecule has 0 aliphatic carbocycles. The Bertz CT molecular complexity index is 776. The zero-order valence-electron chi connectivity index (χ0n) is 17.9. The summed E-state index contributed by atoms with van der Waals surface area (Å²) >= 11 is 0. The van der Waals surface area contributed by atoms with Gasteiger partial charge in [0.15, 0.2) is 0 Å². The third kappa shape index (κ3) is 4.51. The van der Waals surface area contributed by atoms with Gasteiger partial charge in [-0.05, 0) is 37.8 Å². The van der Waals surface area contributed by atoms with Gasteiger partial charge in [0.1, 0.15) is 0 Å². The first-order chi connectivity index (χ1) is 13.7. The van der Waals surface area contributed by atoms with Crippen molar-refractivity contribution in [3.05, 3.63) is 41.9 Å². The molecule has 0 bridgehead atoms. The Morgan fingerprint density at radius 2 is 1.97 bits per heavy atom. The fourth-order valence-electron chi connectivity index (χ4n) is 4.53. The fourth-order valence-corrected chi connectivity index (χ4v) is 4.53. The van der Waals surface area contributed by atoms with Gasteiger partial charge in [0.05, 0.1) is 17.7 Å². The van der Waals surface area contributed by atoms with Gasteiger partial charge in [-0.2, -0.15) is 0 Å². The van der Waals surface area contributed by atoms with E-state index in [-0.39, 0.29) is 41.4 Å². The average Bonchev–Trinajstić information content (AvgIpc) is 3.04. The highest BCUT2D eigenvalue weighted by Gasteiger charge is 2.50. The van der Waals surface area contributed by atoms with Crippen LogP contribution >= 0.6 is 0 Å². The number of fused-ring (bicyclic) bond motifs is 1. The van der Waals surface area contributed by atoms with Crippen LogP contribution in [0.5, 0.6) is 0 Å². The number of pyridine rings is 1. The Kier molecular flexibility index (Phi) is 6.39. The highest BCUT2D eigenvalue weighted by atomic mass is 16.5. The maximum absolute atomic E-state index is 13.2. The van der Waals surface area contributed by atoms with Gasteiger partial charge < -0.3 is 9.64 Å². The quantitative estimate of drug-likeness (QED) is 0.740. The molecule has 3 atom stereocenters. The van der Waals surface area contributed by atoms with E-state index in [1.165, 1.54) is 0 Å². The monoisotopic (exact) mass is 400 g/mol. The fraction of sp³-hybridized carbons (Fsp3) is 0.591. The molecule has 7 nitrogen and oxygen atoms in total. The first-order valence-corrected chi connectivity index (χ1v) is 10.4. The van der Waals surface area contributed by atoms with Gasteiger partial charge in [-0.25, -0.2) is 10.2 Å². The van der Waals surface area contributed by atoms with Crippen LogP contribution in [-0.2, 0) is 9.53 Å². The van der Waals surface area contributed by atoms with Crippen molar-refractivity contribution in [3.63, 3.8) is 0 Å². The van der Waals surface area contributed by atoms with Crippen LogP contribution in [0.2, 0.25) is 0 Å². The van der Waals surface area contributed by atoms with Crippen LogP contribution in [0.25, 0.3) is 0 Å². The van der Waals surface area contributed by atoms with Crippen molar-refractivity contribution in [1.29, 1.82) is 0 Å². The zero-order chi connectivity index (χ0) is 21.2. The Morgan fingerprint density at radius 3 is 2.59 bits per heavy atom. The van der Waals surface area contributed by atoms with E-state index in [9.17, 15) is 9.59 Å². The topological polar surface area (TPSA) is 83.6 Å². The molecule has 29 heavy (non-hydrogen) atoms. The highest BCUT2D eigenvalue weighted by Crippen LogP contribution is 2.42. The first-order valence-electron chi connectivity index (χ1n) is 10.4. The molecule has 3 heterocycles. The van der Waals surface area contributed by atoms with Crippen molar-refractivity contribution in [2.75, 3.05) is 6.54 Å². The standard InChI is InChI=1S/C22H32N4O3/c1-6-7-17-18-19(25-24-17)16(21(28)29-14(2)3)12-26(13-22(18,4)5)20(27)15-8-10-23-11-9-15/h8-12,14,17-19,24-25H,6-7,13H2,1-5H3. The number of amides is 1. The third-order valence-electron chi connectivity index (χ3n) is 5.69. The minimum atomic E-state index is -0.383. The van der Waals surface area contributed by atoms with Crippen molar-refractivity contribution in [2.24, 2.45) is 11.3 Å². The number of rotatable bonds is 5. The Morgan fingerprint density at radius 1 is 1.28 bits per heavy atom. The van der Waals surface area contributed by atoms with E-state index in [4.69, 9.17) is 4.74 Å². The molecule has 1 aromatic rings. The van der Waals surface area contributed by atoms with Crippen LogP contribution in [0, 0.1) is 11.3 Å². The zero-order valence-corrected chi connectivity index (χ0v) is 17.9. The van der Waals surface area contributed by atoms with Crippen molar-refractivity contribution in [1.82, 2.24) is 20.7 Å². The van der Waals surface area contributed by atoms with Crippen molar-refractivity contribution < 1.29 is 14.3 Å². The second-order valence-corrected chi connectivity index (χ2v) is 8.88. The molecule has 2 aliphatic rings. The lowest BCUT2D eigenvalue weighted by Gasteiger charge is -2.38. The molecule has 0 aromatic carbocycles. The van der Waals surface area contributed by atoms with Gasteiger partial charge in [0.2, 0.25) is 0 Å². The van der Waals surface area contributed by atoms with Gasteiger partial charge >= 0.3 is 5.97 Å². The average molecular weight is 401 g/mol. The molecule has 2 N–H and O–H groups in total. The van der Waals surface area contributed by atoms with Crippen LogP contribution < -0.4 is 10.9 Å². The summed E-state index contributed by atoms with van der Waals surface area (Å²) in [5, 5.41) is 0. The Balaban J connectivity index is 2.02. The maximum atomic E-state index is 13.2. The van der Waals surface area contributed by atoms with Crippen LogP contribution in [0.1, 0.15) is 57.8 Å². The molecule has 158 valence electrons. The van der Waals surface area contributed by atoms with Crippen molar-refractivity contribution in [2.45, 2.75) is 65.6 Å². The molecule has 2 aliphatic heterocycles. The van der Waals surface area contributed by atoms with E-state index in [0.29, 0.717) is 17.7 Å². The van der Waals surface area contributed by atoms with E-state index in [1.807, 2.05) is 13.8 Å². The number of carbonyl (C=O) groups is 2. The molecule has 3 rings (SSSR count). The summed E-state index contributed by atoms with van der Waals surface area (Å²) in [5.41, 5.74) is 7.53. The van der Waals surface area contributed by atoms with Gasteiger partial charge in [-0.15, -0.1) is 0 Å². The largest absolute Gasteiger partial charge is 0.460 e. The van der Waals surface area contributed by atoms with E-state index >= 15 is 0 Å². The molecule has 1 fully saturated rings. The second-order valence-electron chi connectivity index (χ2n) is 8.88. The molecule has 1 saturated heterocycles. The summed E-state index contributed by atoms with van der Waals surface area (Å²) in [6.07, 6.45) is 6.68. The summed E-state index contributed by atoms with van der Waals surface area (Å²) in [7, 11) is 0. The summed E-state index contributed by atoms with van der Waals surface area (Å²) in [4.78, 5) is 31.9. The molecular formula is C22H32N4O3. The lowest BCUT2D eigenvalue weighted by atomic mass is 9.70. The van der Waals surface area contributed by atoms with E-state index in [2.05, 4.69) is 36.6 Å². The summed E-state index contributed by atoms with van der Waals surface area (Å²) in [6.45, 7) is 10.7. The summed E-state index contributed by atoms with van der Waals surface area (Å²) in [6, 6.07) is 3.38. The van der Waals surface area contributed by atoms with Crippen LogP contribution in [0.4, 0.5) is 0 Å². The second kappa shape index (κ2) is 8.63. The Hall–Kier alpha value is -2.25. The molecule has 1 amide bonds. The first kappa shape index (κ1) is 21.5. The Labute approximate surface area is 172 Å². The van der Waals surface area contributed by atoms with Crippen LogP contribution in [0.15, 0.2) is 36.3 Å². The number of carbonyl (C=O) groups excluding carboxylic acids is 2. The van der Waals surface area contributed by atoms with Gasteiger partial charge in [-0.1, -0.05) is 27.2 Å². The minimum Gasteiger partial charge on any atom is -0.460 e. The summed E-state index contributed by atoms with van der Waals surface area (Å²) in [5.74, 6) is -0.384. The summed E-state index contributed by atoms with van der Waals surface area (Å²) < 4.78 is 5.53. The molecule has 0 spiro atoms. The molecule has 7 heteroatoms. The van der Waals surface area contributed by atoms with Crippen molar-refractivity contribution >= 4 is 11.9 Å². The highest BCUT2D eigenvalue weighted by molar-refractivity contribution is 5.96. The lowest BCUT2D eigenvalue weighted by molar-refractivity contribution is -0.143. The van der Waals surface area contributed by atoms with E-state index < -0.39 is 0 Å². The normalized spacial score (nSPS) is 25.9. The number of hydrogen-bond donors (Lipinski definition) is 2. The number of aromatic nitrogens is 1. The number of ether oxygens (including phenoxy) is 1. The van der Waals surface area contributed by atoms with Gasteiger partial charge in [-0.3, -0.25) is 15.2 Å². The van der Waals surface area contributed by atoms with Gasteiger partial charge in [0, 0.05) is 42.7 Å². The van der Waals surface area contributed by atoms with E-state index in [0.717, 1.165) is 12.8 Å². The maximum Gasteiger partial charge on any atom is 0.337 e. The number of hydrogen-bond acceptors (Lipinski definition) is 6. The third-order valence-corrected chi connectivity index (χ3v) is 5.69. The smallest absolute Gasteiger partial charge is 0.337 e. The van der Waals surface area contributed by atoms with Crippen LogP contribution in [-0.4, -0.2) is 46.5 Å². The molecule has 0 radical (unpaired) electrons. The van der Waals surface area contributed by atoms with Gasteiger partial charge in [0.25, 0.3) is 5.91 Å². The number of nitrogens with zero attached hydrogens (tertiary/aromatic N) is 2. The number of esters is 1. The number of nitrogens with one attached hydrogen (secondary N) is 2. The SMILES string of the molecule is CCCC1NNC2C(C(=O)OC(C)C)=CN(C(=O)c3ccncc3)CC(C)(C)C12. The predicted octanol–water partition coefficient (Wildman–Crippen LogP) is 2.66. The predicted molar refractivity (Wildman–Crippen MR) is 111 cm³/mol. The van der Waals surface area contributed by atoms with E-state index in [1.54, 1.807) is 35.6 Å². The molecule has 3 unspecified atom stereocenters. The van der Waals surface area contributed by atoms with Crippen molar-refractivity contribution in [3.8, 4) is 0 Å². The molecule has 0 saturated carbocycles. The number of hydrazine groups is 1. The lowest BCUT2D eigenvalue weighted by Crippen LogP contribution is -2.45.